The maximum Gasteiger partial charge on any atom is 0.0629 e. The highest BCUT2D eigenvalue weighted by atomic mass is 16.5. The third-order valence-corrected chi connectivity index (χ3v) is 6.01. The molecule has 1 N–H and O–H groups in total. The summed E-state index contributed by atoms with van der Waals surface area (Å²) in [5.74, 6) is 1.44. The highest BCUT2D eigenvalue weighted by molar-refractivity contribution is 5.18. The minimum Gasteiger partial charge on any atom is -0.376 e. The molecule has 0 amide bonds. The molecule has 0 aromatic heterocycles. The summed E-state index contributed by atoms with van der Waals surface area (Å²) in [6, 6.07) is 22.1. The average molecular weight is 366 g/mol. The molecule has 27 heavy (non-hydrogen) atoms. The van der Waals surface area contributed by atoms with Gasteiger partial charge in [-0.2, -0.15) is 0 Å². The molecule has 1 fully saturated rings. The summed E-state index contributed by atoms with van der Waals surface area (Å²) in [7, 11) is 0. The Kier molecular flexibility index (Phi) is 7.09. The van der Waals surface area contributed by atoms with Crippen LogP contribution >= 0.6 is 0 Å². The largest absolute Gasteiger partial charge is 0.376 e. The van der Waals surface area contributed by atoms with Crippen LogP contribution in [0.4, 0.5) is 0 Å². The van der Waals surface area contributed by atoms with E-state index in [1.54, 1.807) is 0 Å². The van der Waals surface area contributed by atoms with E-state index in [2.05, 4.69) is 86.8 Å². The molecule has 0 spiro atoms. The molecule has 1 heterocycles. The Morgan fingerprint density at radius 1 is 1.04 bits per heavy atom. The second-order valence-electron chi connectivity index (χ2n) is 8.69. The van der Waals surface area contributed by atoms with Crippen molar-refractivity contribution in [1.29, 1.82) is 0 Å². The SMILES string of the molecule is C[C@@H](NCC[C@H](Cc1ccccc1)[C@@H]1CCOC(C)(C)C1)c1ccccc1. The summed E-state index contributed by atoms with van der Waals surface area (Å²) >= 11 is 0. The molecule has 1 aliphatic rings. The minimum absolute atomic E-state index is 0.0165. The molecule has 2 heteroatoms. The van der Waals surface area contributed by atoms with Crippen molar-refractivity contribution in [3.63, 3.8) is 0 Å². The summed E-state index contributed by atoms with van der Waals surface area (Å²) in [5, 5.41) is 3.74. The quantitative estimate of drug-likeness (QED) is 0.639. The standard InChI is InChI=1S/C25H35NO/c1-20(22-12-8-5-9-13-22)26-16-14-23(18-21-10-6-4-7-11-21)24-15-17-27-25(2,3)19-24/h4-13,20,23-24,26H,14-19H2,1-3H3/t20-,23-,24-/m1/s1. The van der Waals surface area contributed by atoms with Gasteiger partial charge in [0, 0.05) is 12.6 Å². The monoisotopic (exact) mass is 365 g/mol. The Hall–Kier alpha value is -1.64. The lowest BCUT2D eigenvalue weighted by atomic mass is 9.75. The van der Waals surface area contributed by atoms with Crippen molar-refractivity contribution >= 4 is 0 Å². The first kappa shape index (κ1) is 20.1. The van der Waals surface area contributed by atoms with Crippen molar-refractivity contribution in [2.75, 3.05) is 13.2 Å². The minimum atomic E-state index is 0.0165. The lowest BCUT2D eigenvalue weighted by Gasteiger charge is -2.39. The van der Waals surface area contributed by atoms with Gasteiger partial charge < -0.3 is 10.1 Å². The van der Waals surface area contributed by atoms with E-state index in [1.165, 1.54) is 36.8 Å². The van der Waals surface area contributed by atoms with Crippen LogP contribution in [0.15, 0.2) is 60.7 Å². The highest BCUT2D eigenvalue weighted by Gasteiger charge is 2.33. The summed E-state index contributed by atoms with van der Waals surface area (Å²) in [6.07, 6.45) is 4.74. The molecule has 0 aliphatic carbocycles. The Morgan fingerprint density at radius 2 is 1.70 bits per heavy atom. The van der Waals surface area contributed by atoms with Crippen molar-refractivity contribution in [2.45, 2.75) is 58.1 Å². The van der Waals surface area contributed by atoms with Gasteiger partial charge in [-0.05, 0) is 76.0 Å². The number of hydrogen-bond acceptors (Lipinski definition) is 2. The van der Waals surface area contributed by atoms with Crippen LogP contribution in [0.25, 0.3) is 0 Å². The zero-order chi connectivity index (χ0) is 19.1. The second-order valence-corrected chi connectivity index (χ2v) is 8.69. The molecule has 0 saturated carbocycles. The second kappa shape index (κ2) is 9.52. The summed E-state index contributed by atoms with van der Waals surface area (Å²) in [6.45, 7) is 8.71. The smallest absolute Gasteiger partial charge is 0.0629 e. The summed E-state index contributed by atoms with van der Waals surface area (Å²) < 4.78 is 5.98. The molecule has 3 atom stereocenters. The van der Waals surface area contributed by atoms with Crippen LogP contribution in [0, 0.1) is 11.8 Å². The van der Waals surface area contributed by atoms with E-state index in [-0.39, 0.29) is 5.60 Å². The molecule has 2 aromatic rings. The highest BCUT2D eigenvalue weighted by Crippen LogP contribution is 2.36. The fourth-order valence-electron chi connectivity index (χ4n) is 4.45. The number of nitrogens with one attached hydrogen (secondary N) is 1. The van der Waals surface area contributed by atoms with Gasteiger partial charge in [-0.1, -0.05) is 60.7 Å². The molecule has 1 saturated heterocycles. The van der Waals surface area contributed by atoms with E-state index in [0.717, 1.165) is 19.1 Å². The first-order valence-corrected chi connectivity index (χ1v) is 10.5. The molecule has 146 valence electrons. The van der Waals surface area contributed by atoms with Crippen LogP contribution in [0.5, 0.6) is 0 Å². The van der Waals surface area contributed by atoms with Gasteiger partial charge in [0.1, 0.15) is 0 Å². The van der Waals surface area contributed by atoms with E-state index in [9.17, 15) is 0 Å². The van der Waals surface area contributed by atoms with Gasteiger partial charge in [-0.3, -0.25) is 0 Å². The van der Waals surface area contributed by atoms with Gasteiger partial charge in [0.25, 0.3) is 0 Å². The van der Waals surface area contributed by atoms with Crippen LogP contribution in [0.2, 0.25) is 0 Å². The zero-order valence-corrected chi connectivity index (χ0v) is 17.2. The zero-order valence-electron chi connectivity index (χ0n) is 17.2. The molecule has 0 bridgehead atoms. The normalized spacial score (nSPS) is 21.5. The predicted molar refractivity (Wildman–Crippen MR) is 114 cm³/mol. The van der Waals surface area contributed by atoms with Crippen LogP contribution in [0.3, 0.4) is 0 Å². The summed E-state index contributed by atoms with van der Waals surface area (Å²) in [5.41, 5.74) is 2.84. The predicted octanol–water partition coefficient (Wildman–Crippen LogP) is 5.79. The average Bonchev–Trinajstić information content (AvgIpc) is 2.68. The molecule has 1 aliphatic heterocycles. The van der Waals surface area contributed by atoms with E-state index in [0.29, 0.717) is 12.0 Å². The first-order chi connectivity index (χ1) is 13.0. The summed E-state index contributed by atoms with van der Waals surface area (Å²) in [4.78, 5) is 0. The fourth-order valence-corrected chi connectivity index (χ4v) is 4.45. The lowest BCUT2D eigenvalue weighted by Crippen LogP contribution is -2.38. The van der Waals surface area contributed by atoms with E-state index in [4.69, 9.17) is 4.74 Å². The van der Waals surface area contributed by atoms with Gasteiger partial charge >= 0.3 is 0 Å². The van der Waals surface area contributed by atoms with Gasteiger partial charge in [0.05, 0.1) is 5.60 Å². The Labute approximate surface area is 165 Å². The first-order valence-electron chi connectivity index (χ1n) is 10.5. The topological polar surface area (TPSA) is 21.3 Å². The van der Waals surface area contributed by atoms with Crippen molar-refractivity contribution in [2.24, 2.45) is 11.8 Å². The molecular weight excluding hydrogens is 330 g/mol. The van der Waals surface area contributed by atoms with Crippen LogP contribution < -0.4 is 5.32 Å². The van der Waals surface area contributed by atoms with Crippen molar-refractivity contribution in [3.05, 3.63) is 71.8 Å². The third-order valence-electron chi connectivity index (χ3n) is 6.01. The number of benzene rings is 2. The van der Waals surface area contributed by atoms with E-state index in [1.807, 2.05) is 0 Å². The van der Waals surface area contributed by atoms with E-state index >= 15 is 0 Å². The number of rotatable bonds is 8. The molecular formula is C25H35NO. The van der Waals surface area contributed by atoms with Crippen molar-refractivity contribution in [3.8, 4) is 0 Å². The van der Waals surface area contributed by atoms with E-state index < -0.39 is 0 Å². The fraction of sp³-hybridized carbons (Fsp3) is 0.520. The van der Waals surface area contributed by atoms with Crippen molar-refractivity contribution < 1.29 is 4.74 Å². The molecule has 2 aromatic carbocycles. The Balaban J connectivity index is 1.61. The van der Waals surface area contributed by atoms with Gasteiger partial charge in [-0.25, -0.2) is 0 Å². The van der Waals surface area contributed by atoms with Gasteiger partial charge in [0.15, 0.2) is 0 Å². The maximum absolute atomic E-state index is 5.98. The lowest BCUT2D eigenvalue weighted by molar-refractivity contribution is -0.0830. The van der Waals surface area contributed by atoms with Crippen LogP contribution in [-0.4, -0.2) is 18.8 Å². The molecule has 3 rings (SSSR count). The molecule has 2 nitrogen and oxygen atoms in total. The van der Waals surface area contributed by atoms with Gasteiger partial charge in [-0.15, -0.1) is 0 Å². The van der Waals surface area contributed by atoms with Gasteiger partial charge in [0.2, 0.25) is 0 Å². The Bertz CT molecular complexity index is 667. The Morgan fingerprint density at radius 3 is 2.37 bits per heavy atom. The van der Waals surface area contributed by atoms with Crippen LogP contribution in [0.1, 0.15) is 57.2 Å². The maximum atomic E-state index is 5.98. The number of hydrogen-bond donors (Lipinski definition) is 1. The molecule has 0 unspecified atom stereocenters. The number of ether oxygens (including phenoxy) is 1. The third kappa shape index (κ3) is 6.19. The van der Waals surface area contributed by atoms with Crippen LogP contribution in [-0.2, 0) is 11.2 Å². The molecule has 0 radical (unpaired) electrons. The van der Waals surface area contributed by atoms with Crippen molar-refractivity contribution in [1.82, 2.24) is 5.32 Å².